The molecule has 1 fully saturated rings. The molecule has 0 spiro atoms. The van der Waals surface area contributed by atoms with E-state index < -0.39 is 0 Å². The summed E-state index contributed by atoms with van der Waals surface area (Å²) in [5.74, 6) is 1.27. The van der Waals surface area contributed by atoms with E-state index in [1.54, 1.807) is 0 Å². The molecule has 1 nitrogen and oxygen atoms in total. The molecule has 0 aromatic rings. The van der Waals surface area contributed by atoms with Crippen LogP contribution in [0, 0.1) is 11.8 Å². The number of hydrogen-bond acceptors (Lipinski definition) is 1. The van der Waals surface area contributed by atoms with Gasteiger partial charge in [-0.05, 0) is 46.0 Å². The zero-order valence-electron chi connectivity index (χ0n) is 11.0. The molecule has 0 aromatic heterocycles. The molecule has 0 saturated carbocycles. The van der Waals surface area contributed by atoms with Crippen LogP contribution in [0.15, 0.2) is 12.2 Å². The Morgan fingerprint density at radius 3 is 2.53 bits per heavy atom. The van der Waals surface area contributed by atoms with Gasteiger partial charge in [0.25, 0.3) is 0 Å². The second kappa shape index (κ2) is 4.69. The predicted octanol–water partition coefficient (Wildman–Crippen LogP) is 4.18. The van der Waals surface area contributed by atoms with E-state index in [1.165, 1.54) is 12.0 Å². The van der Waals surface area contributed by atoms with E-state index in [4.69, 9.17) is 4.74 Å². The van der Waals surface area contributed by atoms with Crippen molar-refractivity contribution in [3.05, 3.63) is 12.2 Å². The molecular weight excluding hydrogens is 184 g/mol. The van der Waals surface area contributed by atoms with E-state index in [1.807, 2.05) is 0 Å². The SMILES string of the molecule is C=C(C)C1CCC(C)(C)OC1CC(C)C. The van der Waals surface area contributed by atoms with Crippen molar-refractivity contribution in [3.63, 3.8) is 0 Å². The summed E-state index contributed by atoms with van der Waals surface area (Å²) in [6, 6.07) is 0. The van der Waals surface area contributed by atoms with Gasteiger partial charge in [-0.3, -0.25) is 0 Å². The summed E-state index contributed by atoms with van der Waals surface area (Å²) in [7, 11) is 0. The molecule has 0 aromatic carbocycles. The van der Waals surface area contributed by atoms with Crippen molar-refractivity contribution in [2.24, 2.45) is 11.8 Å². The third-order valence-electron chi connectivity index (χ3n) is 3.31. The van der Waals surface area contributed by atoms with E-state index in [9.17, 15) is 0 Å². The molecule has 2 unspecified atom stereocenters. The summed E-state index contributed by atoms with van der Waals surface area (Å²) in [6.07, 6.45) is 3.92. The van der Waals surface area contributed by atoms with Crippen LogP contribution in [0.2, 0.25) is 0 Å². The van der Waals surface area contributed by atoms with E-state index in [2.05, 4.69) is 41.2 Å². The van der Waals surface area contributed by atoms with Crippen LogP contribution in [0.4, 0.5) is 0 Å². The maximum absolute atomic E-state index is 6.20. The van der Waals surface area contributed by atoms with E-state index in [0.29, 0.717) is 17.9 Å². The van der Waals surface area contributed by atoms with Crippen molar-refractivity contribution in [3.8, 4) is 0 Å². The molecule has 0 radical (unpaired) electrons. The van der Waals surface area contributed by atoms with Gasteiger partial charge in [0.15, 0.2) is 0 Å². The Morgan fingerprint density at radius 1 is 1.47 bits per heavy atom. The monoisotopic (exact) mass is 210 g/mol. The second-order valence-corrected chi connectivity index (χ2v) is 6.04. The molecule has 1 aliphatic heterocycles. The van der Waals surface area contributed by atoms with Crippen LogP contribution in [0.1, 0.15) is 53.9 Å². The van der Waals surface area contributed by atoms with Gasteiger partial charge in [0.1, 0.15) is 0 Å². The van der Waals surface area contributed by atoms with Crippen LogP contribution in [0.25, 0.3) is 0 Å². The van der Waals surface area contributed by atoms with Crippen molar-refractivity contribution in [2.45, 2.75) is 65.6 Å². The molecule has 0 N–H and O–H groups in total. The van der Waals surface area contributed by atoms with Gasteiger partial charge in [-0.25, -0.2) is 0 Å². The highest BCUT2D eigenvalue weighted by Crippen LogP contribution is 2.37. The Labute approximate surface area is 94.9 Å². The summed E-state index contributed by atoms with van der Waals surface area (Å²) in [5.41, 5.74) is 1.35. The minimum Gasteiger partial charge on any atom is -0.372 e. The van der Waals surface area contributed by atoms with Gasteiger partial charge in [-0.1, -0.05) is 26.0 Å². The second-order valence-electron chi connectivity index (χ2n) is 6.04. The first-order valence-corrected chi connectivity index (χ1v) is 6.15. The number of ether oxygens (including phenoxy) is 1. The van der Waals surface area contributed by atoms with E-state index in [0.717, 1.165) is 12.8 Å². The highest BCUT2D eigenvalue weighted by molar-refractivity contribution is 5.03. The smallest absolute Gasteiger partial charge is 0.0649 e. The van der Waals surface area contributed by atoms with Crippen molar-refractivity contribution >= 4 is 0 Å². The molecule has 0 aliphatic carbocycles. The normalized spacial score (nSPS) is 30.5. The molecule has 1 heteroatoms. The lowest BCUT2D eigenvalue weighted by atomic mass is 9.80. The van der Waals surface area contributed by atoms with Crippen molar-refractivity contribution in [2.75, 3.05) is 0 Å². The standard InChI is InChI=1S/C14H26O/c1-10(2)9-13-12(11(3)4)7-8-14(5,6)15-13/h10,12-13H,3,7-9H2,1-2,4-6H3. The minimum absolute atomic E-state index is 0.0610. The summed E-state index contributed by atoms with van der Waals surface area (Å²) in [5, 5.41) is 0. The van der Waals surface area contributed by atoms with Crippen LogP contribution >= 0.6 is 0 Å². The van der Waals surface area contributed by atoms with Crippen LogP contribution in [-0.2, 0) is 4.74 Å². The van der Waals surface area contributed by atoms with Gasteiger partial charge in [-0.15, -0.1) is 0 Å². The first-order valence-electron chi connectivity index (χ1n) is 6.15. The van der Waals surface area contributed by atoms with Crippen molar-refractivity contribution < 1.29 is 4.74 Å². The summed E-state index contributed by atoms with van der Waals surface area (Å²) in [6.45, 7) is 15.2. The average Bonchev–Trinajstić information content (AvgIpc) is 1.99. The van der Waals surface area contributed by atoms with E-state index in [-0.39, 0.29) is 5.60 Å². The third kappa shape index (κ3) is 3.64. The maximum Gasteiger partial charge on any atom is 0.0649 e. The predicted molar refractivity (Wildman–Crippen MR) is 65.9 cm³/mol. The van der Waals surface area contributed by atoms with Crippen LogP contribution < -0.4 is 0 Å². The third-order valence-corrected chi connectivity index (χ3v) is 3.31. The van der Waals surface area contributed by atoms with Crippen molar-refractivity contribution in [1.29, 1.82) is 0 Å². The fourth-order valence-electron chi connectivity index (χ4n) is 2.48. The maximum atomic E-state index is 6.20. The molecule has 0 bridgehead atoms. The first kappa shape index (κ1) is 12.8. The Morgan fingerprint density at radius 2 is 2.07 bits per heavy atom. The fourth-order valence-corrected chi connectivity index (χ4v) is 2.48. The number of rotatable bonds is 3. The molecule has 15 heavy (non-hydrogen) atoms. The van der Waals surface area contributed by atoms with Gasteiger partial charge >= 0.3 is 0 Å². The van der Waals surface area contributed by atoms with Crippen LogP contribution in [0.5, 0.6) is 0 Å². The highest BCUT2D eigenvalue weighted by Gasteiger charge is 2.35. The van der Waals surface area contributed by atoms with Gasteiger partial charge in [-0.2, -0.15) is 0 Å². The van der Waals surface area contributed by atoms with Crippen LogP contribution in [0.3, 0.4) is 0 Å². The Bertz CT molecular complexity index is 227. The molecule has 1 aliphatic rings. The summed E-state index contributed by atoms with van der Waals surface area (Å²) in [4.78, 5) is 0. The Balaban J connectivity index is 2.69. The van der Waals surface area contributed by atoms with Gasteiger partial charge in [0.05, 0.1) is 11.7 Å². The lowest BCUT2D eigenvalue weighted by molar-refractivity contribution is -0.132. The lowest BCUT2D eigenvalue weighted by Gasteiger charge is -2.42. The average molecular weight is 210 g/mol. The van der Waals surface area contributed by atoms with Gasteiger partial charge in [0.2, 0.25) is 0 Å². The van der Waals surface area contributed by atoms with Gasteiger partial charge < -0.3 is 4.74 Å². The molecule has 1 saturated heterocycles. The fraction of sp³-hybridized carbons (Fsp3) is 0.857. The lowest BCUT2D eigenvalue weighted by Crippen LogP contribution is -2.41. The largest absolute Gasteiger partial charge is 0.372 e. The molecule has 1 rings (SSSR count). The molecule has 2 atom stereocenters. The van der Waals surface area contributed by atoms with Gasteiger partial charge in [0, 0.05) is 5.92 Å². The van der Waals surface area contributed by atoms with E-state index >= 15 is 0 Å². The highest BCUT2D eigenvalue weighted by atomic mass is 16.5. The molecular formula is C14H26O. The first-order chi connectivity index (χ1) is 6.82. The Hall–Kier alpha value is -0.300. The summed E-state index contributed by atoms with van der Waals surface area (Å²) >= 11 is 0. The van der Waals surface area contributed by atoms with Crippen molar-refractivity contribution in [1.82, 2.24) is 0 Å². The quantitative estimate of drug-likeness (QED) is 0.635. The molecule has 0 amide bonds. The molecule has 1 heterocycles. The van der Waals surface area contributed by atoms with Crippen LogP contribution in [-0.4, -0.2) is 11.7 Å². The zero-order chi connectivity index (χ0) is 11.6. The minimum atomic E-state index is 0.0610. The summed E-state index contributed by atoms with van der Waals surface area (Å²) < 4.78 is 6.20. The molecule has 88 valence electrons. The topological polar surface area (TPSA) is 9.23 Å². The number of hydrogen-bond donors (Lipinski definition) is 0. The Kier molecular flexibility index (Phi) is 3.99. The zero-order valence-corrected chi connectivity index (χ0v) is 11.0.